The van der Waals surface area contributed by atoms with Gasteiger partial charge in [0.1, 0.15) is 11.9 Å². The van der Waals surface area contributed by atoms with Gasteiger partial charge in [-0.3, -0.25) is 14.3 Å². The Balaban J connectivity index is 1.91. The predicted octanol–water partition coefficient (Wildman–Crippen LogP) is 3.25. The van der Waals surface area contributed by atoms with Gasteiger partial charge in [0.05, 0.1) is 12.1 Å². The van der Waals surface area contributed by atoms with Crippen LogP contribution in [0.15, 0.2) is 30.3 Å². The number of para-hydroxylation sites is 1. The van der Waals surface area contributed by atoms with Gasteiger partial charge in [-0.25, -0.2) is 0 Å². The standard InChI is InChI=1S/C20H24N4O/c1-14-9-10-23(12-14)13-19(25)22-20-18(11-21)15(2)16(3)24(20)17-7-5-4-6-8-17/h4-8,14H,9-10,12-13H2,1-3H3,(H,22,25). The number of likely N-dealkylation sites (tertiary alicyclic amines) is 1. The van der Waals surface area contributed by atoms with Crippen molar-refractivity contribution in [1.29, 1.82) is 5.26 Å². The first-order valence-electron chi connectivity index (χ1n) is 8.71. The van der Waals surface area contributed by atoms with Crippen LogP contribution >= 0.6 is 0 Å². The largest absolute Gasteiger partial charge is 0.310 e. The lowest BCUT2D eigenvalue weighted by Gasteiger charge is -2.17. The van der Waals surface area contributed by atoms with Gasteiger partial charge in [-0.15, -0.1) is 0 Å². The second-order valence-electron chi connectivity index (χ2n) is 6.89. The van der Waals surface area contributed by atoms with Crippen LogP contribution in [0.2, 0.25) is 0 Å². The molecular weight excluding hydrogens is 312 g/mol. The zero-order chi connectivity index (χ0) is 18.0. The van der Waals surface area contributed by atoms with Crippen molar-refractivity contribution in [3.05, 3.63) is 47.2 Å². The van der Waals surface area contributed by atoms with Gasteiger partial charge >= 0.3 is 0 Å². The highest BCUT2D eigenvalue weighted by molar-refractivity contribution is 5.93. The third-order valence-corrected chi connectivity index (χ3v) is 4.97. The lowest BCUT2D eigenvalue weighted by molar-refractivity contribution is -0.117. The molecule has 3 rings (SSSR count). The number of nitrogens with zero attached hydrogens (tertiary/aromatic N) is 3. The van der Waals surface area contributed by atoms with Gasteiger partial charge in [-0.05, 0) is 50.4 Å². The highest BCUT2D eigenvalue weighted by atomic mass is 16.2. The molecule has 5 nitrogen and oxygen atoms in total. The Morgan fingerprint density at radius 2 is 2.04 bits per heavy atom. The first-order chi connectivity index (χ1) is 12.0. The minimum Gasteiger partial charge on any atom is -0.310 e. The van der Waals surface area contributed by atoms with E-state index in [4.69, 9.17) is 0 Å². The number of hydrogen-bond acceptors (Lipinski definition) is 3. The molecular formula is C20H24N4O. The van der Waals surface area contributed by atoms with Crippen LogP contribution in [0.5, 0.6) is 0 Å². The smallest absolute Gasteiger partial charge is 0.239 e. The van der Waals surface area contributed by atoms with E-state index in [9.17, 15) is 10.1 Å². The van der Waals surface area contributed by atoms with Crippen LogP contribution < -0.4 is 5.32 Å². The maximum Gasteiger partial charge on any atom is 0.239 e. The second kappa shape index (κ2) is 7.12. The van der Waals surface area contributed by atoms with Crippen molar-refractivity contribution in [3.63, 3.8) is 0 Å². The summed E-state index contributed by atoms with van der Waals surface area (Å²) in [6.07, 6.45) is 1.13. The highest BCUT2D eigenvalue weighted by Crippen LogP contribution is 2.30. The Morgan fingerprint density at radius 1 is 1.32 bits per heavy atom. The molecule has 25 heavy (non-hydrogen) atoms. The fourth-order valence-electron chi connectivity index (χ4n) is 3.51. The zero-order valence-electron chi connectivity index (χ0n) is 15.0. The van der Waals surface area contributed by atoms with Crippen molar-refractivity contribution in [2.45, 2.75) is 27.2 Å². The Hall–Kier alpha value is -2.58. The number of nitrogens with one attached hydrogen (secondary N) is 1. The van der Waals surface area contributed by atoms with Crippen molar-refractivity contribution in [1.82, 2.24) is 9.47 Å². The fourth-order valence-corrected chi connectivity index (χ4v) is 3.51. The van der Waals surface area contributed by atoms with E-state index < -0.39 is 0 Å². The summed E-state index contributed by atoms with van der Waals surface area (Å²) in [5.41, 5.74) is 3.34. The van der Waals surface area contributed by atoms with Gasteiger partial charge in [0, 0.05) is 17.9 Å². The first kappa shape index (κ1) is 17.2. The summed E-state index contributed by atoms with van der Waals surface area (Å²) in [6.45, 7) is 8.38. The molecule has 0 radical (unpaired) electrons. The summed E-state index contributed by atoms with van der Waals surface area (Å²) < 4.78 is 1.96. The van der Waals surface area contributed by atoms with Crippen LogP contribution in [0.25, 0.3) is 5.69 Å². The van der Waals surface area contributed by atoms with Crippen LogP contribution in [0.4, 0.5) is 5.82 Å². The van der Waals surface area contributed by atoms with Gasteiger partial charge in [0.25, 0.3) is 0 Å². The maximum absolute atomic E-state index is 12.6. The van der Waals surface area contributed by atoms with E-state index in [1.54, 1.807) is 0 Å². The molecule has 1 aliphatic heterocycles. The van der Waals surface area contributed by atoms with E-state index in [1.165, 1.54) is 0 Å². The summed E-state index contributed by atoms with van der Waals surface area (Å²) in [7, 11) is 0. The van der Waals surface area contributed by atoms with Crippen molar-refractivity contribution in [2.24, 2.45) is 5.92 Å². The zero-order valence-corrected chi connectivity index (χ0v) is 15.0. The van der Waals surface area contributed by atoms with Crippen LogP contribution in [-0.2, 0) is 4.79 Å². The molecule has 0 bridgehead atoms. The molecule has 1 fully saturated rings. The number of carbonyl (C=O) groups is 1. The SMILES string of the molecule is Cc1c(C#N)c(NC(=O)CN2CCC(C)C2)n(-c2ccccc2)c1C. The molecule has 1 N–H and O–H groups in total. The molecule has 0 saturated carbocycles. The lowest BCUT2D eigenvalue weighted by Crippen LogP contribution is -2.32. The number of aromatic nitrogens is 1. The average Bonchev–Trinajstić information content (AvgIpc) is 3.10. The summed E-state index contributed by atoms with van der Waals surface area (Å²) in [4.78, 5) is 14.7. The molecule has 2 heterocycles. The maximum atomic E-state index is 12.6. The van der Waals surface area contributed by atoms with E-state index in [0.717, 1.165) is 36.5 Å². The van der Waals surface area contributed by atoms with E-state index >= 15 is 0 Å². The van der Waals surface area contributed by atoms with Crippen molar-refractivity contribution >= 4 is 11.7 Å². The lowest BCUT2D eigenvalue weighted by atomic mass is 10.2. The predicted molar refractivity (Wildman–Crippen MR) is 98.8 cm³/mol. The molecule has 0 aliphatic carbocycles. The molecule has 130 valence electrons. The molecule has 1 saturated heterocycles. The van der Waals surface area contributed by atoms with Gasteiger partial charge in [-0.1, -0.05) is 25.1 Å². The minimum atomic E-state index is -0.0692. The number of benzene rings is 1. The van der Waals surface area contributed by atoms with Crippen LogP contribution in [0, 0.1) is 31.1 Å². The number of anilines is 1. The molecule has 5 heteroatoms. The van der Waals surface area contributed by atoms with Gasteiger partial charge in [0.15, 0.2) is 0 Å². The third kappa shape index (κ3) is 3.45. The normalized spacial score (nSPS) is 17.4. The van der Waals surface area contributed by atoms with Crippen molar-refractivity contribution in [2.75, 3.05) is 25.0 Å². The number of hydrogen-bond donors (Lipinski definition) is 1. The quantitative estimate of drug-likeness (QED) is 0.932. The Labute approximate surface area is 148 Å². The van der Waals surface area contributed by atoms with Crippen molar-refractivity contribution < 1.29 is 4.79 Å². The minimum absolute atomic E-state index is 0.0692. The second-order valence-corrected chi connectivity index (χ2v) is 6.89. The van der Waals surface area contributed by atoms with E-state index in [0.29, 0.717) is 23.8 Å². The van der Waals surface area contributed by atoms with Crippen LogP contribution in [0.3, 0.4) is 0 Å². The molecule has 0 spiro atoms. The van der Waals surface area contributed by atoms with E-state index in [-0.39, 0.29) is 5.91 Å². The van der Waals surface area contributed by atoms with Crippen LogP contribution in [-0.4, -0.2) is 35.0 Å². The summed E-state index contributed by atoms with van der Waals surface area (Å²) in [5, 5.41) is 12.6. The Kier molecular flexibility index (Phi) is 4.91. The molecule has 1 unspecified atom stereocenters. The first-order valence-corrected chi connectivity index (χ1v) is 8.71. The summed E-state index contributed by atoms with van der Waals surface area (Å²) in [5.74, 6) is 1.14. The molecule has 1 aromatic heterocycles. The van der Waals surface area contributed by atoms with E-state index in [2.05, 4.69) is 23.2 Å². The number of rotatable bonds is 4. The van der Waals surface area contributed by atoms with Gasteiger partial charge in [0.2, 0.25) is 5.91 Å². The third-order valence-electron chi connectivity index (χ3n) is 4.97. The van der Waals surface area contributed by atoms with Gasteiger partial charge < -0.3 is 5.32 Å². The van der Waals surface area contributed by atoms with E-state index in [1.807, 2.05) is 48.7 Å². The van der Waals surface area contributed by atoms with Crippen molar-refractivity contribution in [3.8, 4) is 11.8 Å². The molecule has 1 atom stereocenters. The van der Waals surface area contributed by atoms with Gasteiger partial charge in [-0.2, -0.15) is 5.26 Å². The number of nitriles is 1. The Morgan fingerprint density at radius 3 is 2.64 bits per heavy atom. The summed E-state index contributed by atoms with van der Waals surface area (Å²) in [6, 6.07) is 12.1. The molecule has 1 amide bonds. The highest BCUT2D eigenvalue weighted by Gasteiger charge is 2.24. The summed E-state index contributed by atoms with van der Waals surface area (Å²) >= 11 is 0. The number of amides is 1. The molecule has 2 aromatic rings. The molecule has 1 aliphatic rings. The monoisotopic (exact) mass is 336 g/mol. The average molecular weight is 336 g/mol. The molecule has 1 aromatic carbocycles. The fraction of sp³-hybridized carbons (Fsp3) is 0.400. The van der Waals surface area contributed by atoms with Crippen LogP contribution in [0.1, 0.15) is 30.2 Å². The Bertz CT molecular complexity index is 816. The number of carbonyl (C=O) groups excluding carboxylic acids is 1. The topological polar surface area (TPSA) is 61.1 Å².